The standard InChI is InChI=1S/C57H104O6/c1-4-7-10-13-16-19-22-25-27-28-30-32-35-38-41-44-47-50-56(59)62-53-54(52-61-55(58)49-46-43-40-37-34-31-24-21-18-15-12-9-6-3)63-57(60)51-48-45-42-39-36-33-29-26-23-20-17-14-11-8-5-2/h20,23,31,34,40,43,54H,4-19,21-22,24-30,32-33,35-39,41-42,44-53H2,1-3H3/b23-20-,34-31-,43-40-. The predicted molar refractivity (Wildman–Crippen MR) is 270 cm³/mol. The maximum absolute atomic E-state index is 12.8. The molecule has 0 aliphatic carbocycles. The minimum atomic E-state index is -0.793. The first-order valence-corrected chi connectivity index (χ1v) is 27.5. The molecule has 0 aromatic rings. The third kappa shape index (κ3) is 50.5. The van der Waals surface area contributed by atoms with E-state index in [0.29, 0.717) is 19.3 Å². The first-order valence-electron chi connectivity index (χ1n) is 27.5. The number of allylic oxidation sites excluding steroid dienone is 6. The summed E-state index contributed by atoms with van der Waals surface area (Å²) in [7, 11) is 0. The first kappa shape index (κ1) is 60.6. The Labute approximate surface area is 391 Å². The summed E-state index contributed by atoms with van der Waals surface area (Å²) in [5.41, 5.74) is 0. The van der Waals surface area contributed by atoms with Crippen LogP contribution in [0.25, 0.3) is 0 Å². The van der Waals surface area contributed by atoms with E-state index in [0.717, 1.165) is 51.4 Å². The van der Waals surface area contributed by atoms with Crippen molar-refractivity contribution in [3.63, 3.8) is 0 Å². The number of carbonyl (C=O) groups excluding carboxylic acids is 3. The smallest absolute Gasteiger partial charge is 0.306 e. The van der Waals surface area contributed by atoms with Crippen LogP contribution in [0.1, 0.15) is 290 Å². The van der Waals surface area contributed by atoms with Crippen LogP contribution in [-0.2, 0) is 28.6 Å². The highest BCUT2D eigenvalue weighted by Gasteiger charge is 2.19. The van der Waals surface area contributed by atoms with Gasteiger partial charge in [0.25, 0.3) is 0 Å². The fraction of sp³-hybridized carbons (Fsp3) is 0.842. The van der Waals surface area contributed by atoms with E-state index in [-0.39, 0.29) is 37.5 Å². The fourth-order valence-corrected chi connectivity index (χ4v) is 7.96. The molecule has 1 unspecified atom stereocenters. The van der Waals surface area contributed by atoms with Crippen LogP contribution in [0, 0.1) is 0 Å². The number of unbranched alkanes of at least 4 members (excludes halogenated alkanes) is 33. The molecule has 63 heavy (non-hydrogen) atoms. The molecule has 0 aliphatic heterocycles. The van der Waals surface area contributed by atoms with Crippen LogP contribution in [0.2, 0.25) is 0 Å². The summed E-state index contributed by atoms with van der Waals surface area (Å²) in [5, 5.41) is 0. The van der Waals surface area contributed by atoms with Gasteiger partial charge in [-0.15, -0.1) is 0 Å². The molecule has 0 amide bonds. The van der Waals surface area contributed by atoms with Crippen LogP contribution in [0.5, 0.6) is 0 Å². The Balaban J connectivity index is 4.38. The number of ether oxygens (including phenoxy) is 3. The van der Waals surface area contributed by atoms with Gasteiger partial charge in [0.1, 0.15) is 13.2 Å². The van der Waals surface area contributed by atoms with Crippen LogP contribution in [-0.4, -0.2) is 37.2 Å². The van der Waals surface area contributed by atoms with Crippen molar-refractivity contribution < 1.29 is 28.6 Å². The molecule has 0 saturated carbocycles. The van der Waals surface area contributed by atoms with Crippen LogP contribution in [0.3, 0.4) is 0 Å². The second-order valence-corrected chi connectivity index (χ2v) is 18.5. The number of hydrogen-bond donors (Lipinski definition) is 0. The van der Waals surface area contributed by atoms with Gasteiger partial charge < -0.3 is 14.2 Å². The fourth-order valence-electron chi connectivity index (χ4n) is 7.96. The summed E-state index contributed by atoms with van der Waals surface area (Å²) < 4.78 is 16.8. The van der Waals surface area contributed by atoms with Gasteiger partial charge in [0, 0.05) is 19.3 Å². The van der Waals surface area contributed by atoms with E-state index in [1.807, 2.05) is 6.08 Å². The quantitative estimate of drug-likeness (QED) is 0.0262. The van der Waals surface area contributed by atoms with E-state index in [1.165, 1.54) is 193 Å². The second-order valence-electron chi connectivity index (χ2n) is 18.5. The van der Waals surface area contributed by atoms with E-state index in [9.17, 15) is 14.4 Å². The van der Waals surface area contributed by atoms with Crippen LogP contribution < -0.4 is 0 Å². The molecule has 0 bridgehead atoms. The van der Waals surface area contributed by atoms with Crippen molar-refractivity contribution in [2.75, 3.05) is 13.2 Å². The van der Waals surface area contributed by atoms with Gasteiger partial charge in [0.15, 0.2) is 6.10 Å². The van der Waals surface area contributed by atoms with Crippen LogP contribution >= 0.6 is 0 Å². The average molecular weight is 885 g/mol. The molecule has 0 aliphatic rings. The first-order chi connectivity index (χ1) is 31.0. The molecule has 0 heterocycles. The third-order valence-electron chi connectivity index (χ3n) is 12.1. The van der Waals surface area contributed by atoms with Crippen molar-refractivity contribution in [2.45, 2.75) is 297 Å². The molecule has 6 heteroatoms. The summed E-state index contributed by atoms with van der Waals surface area (Å²) >= 11 is 0. The van der Waals surface area contributed by atoms with E-state index in [1.54, 1.807) is 0 Å². The number of carbonyl (C=O) groups is 3. The highest BCUT2D eigenvalue weighted by molar-refractivity contribution is 5.71. The van der Waals surface area contributed by atoms with Gasteiger partial charge in [0.05, 0.1) is 0 Å². The van der Waals surface area contributed by atoms with Gasteiger partial charge in [-0.25, -0.2) is 0 Å². The van der Waals surface area contributed by atoms with Crippen molar-refractivity contribution in [1.82, 2.24) is 0 Å². The van der Waals surface area contributed by atoms with Gasteiger partial charge in [-0.2, -0.15) is 0 Å². The molecule has 0 N–H and O–H groups in total. The summed E-state index contributed by atoms with van der Waals surface area (Å²) in [6.45, 7) is 6.59. The largest absolute Gasteiger partial charge is 0.462 e. The van der Waals surface area contributed by atoms with Crippen LogP contribution in [0.15, 0.2) is 36.5 Å². The monoisotopic (exact) mass is 885 g/mol. The lowest BCUT2D eigenvalue weighted by Gasteiger charge is -2.18. The number of hydrogen-bond acceptors (Lipinski definition) is 6. The lowest BCUT2D eigenvalue weighted by Crippen LogP contribution is -2.30. The zero-order valence-corrected chi connectivity index (χ0v) is 42.1. The number of rotatable bonds is 50. The van der Waals surface area contributed by atoms with Crippen molar-refractivity contribution >= 4 is 17.9 Å². The van der Waals surface area contributed by atoms with E-state index < -0.39 is 6.10 Å². The van der Waals surface area contributed by atoms with Gasteiger partial charge in [-0.05, 0) is 64.2 Å². The third-order valence-corrected chi connectivity index (χ3v) is 12.1. The van der Waals surface area contributed by atoms with Crippen molar-refractivity contribution in [1.29, 1.82) is 0 Å². The SMILES string of the molecule is CCCCCC/C=C\CCCCCCCCCC(=O)OC(COC(=O)CC/C=C\C/C=C\CCCCCCCC)COC(=O)CCCCCCCCCCCCCCCCCCC. The van der Waals surface area contributed by atoms with E-state index in [2.05, 4.69) is 51.2 Å². The highest BCUT2D eigenvalue weighted by atomic mass is 16.6. The zero-order chi connectivity index (χ0) is 45.8. The molecule has 1 atom stereocenters. The van der Waals surface area contributed by atoms with Gasteiger partial charge >= 0.3 is 17.9 Å². The lowest BCUT2D eigenvalue weighted by atomic mass is 10.0. The summed E-state index contributed by atoms with van der Waals surface area (Å²) in [6.07, 6.45) is 61.4. The molecule has 0 radical (unpaired) electrons. The maximum Gasteiger partial charge on any atom is 0.306 e. The van der Waals surface area contributed by atoms with Gasteiger partial charge in [-0.1, -0.05) is 243 Å². The van der Waals surface area contributed by atoms with E-state index in [4.69, 9.17) is 14.2 Å². The molecule has 0 aromatic heterocycles. The molecule has 0 spiro atoms. The Hall–Kier alpha value is -2.37. The average Bonchev–Trinajstić information content (AvgIpc) is 3.28. The Kier molecular flexibility index (Phi) is 50.3. The Morgan fingerprint density at radius 1 is 0.317 bits per heavy atom. The molecule has 0 saturated heterocycles. The molecular weight excluding hydrogens is 781 g/mol. The van der Waals surface area contributed by atoms with E-state index >= 15 is 0 Å². The number of esters is 3. The second kappa shape index (κ2) is 52.3. The normalized spacial score (nSPS) is 12.2. The lowest BCUT2D eigenvalue weighted by molar-refractivity contribution is -0.166. The van der Waals surface area contributed by atoms with Crippen molar-refractivity contribution in [2.24, 2.45) is 0 Å². The predicted octanol–water partition coefficient (Wildman–Crippen LogP) is 18.1. The Bertz CT molecular complexity index is 1060. The molecule has 368 valence electrons. The molecule has 0 fully saturated rings. The maximum atomic E-state index is 12.8. The van der Waals surface area contributed by atoms with Gasteiger partial charge in [0.2, 0.25) is 0 Å². The molecule has 0 aromatic carbocycles. The summed E-state index contributed by atoms with van der Waals surface area (Å²) in [6, 6.07) is 0. The minimum Gasteiger partial charge on any atom is -0.462 e. The molecule has 6 nitrogen and oxygen atoms in total. The van der Waals surface area contributed by atoms with Crippen LogP contribution in [0.4, 0.5) is 0 Å². The highest BCUT2D eigenvalue weighted by Crippen LogP contribution is 2.16. The van der Waals surface area contributed by atoms with Crippen molar-refractivity contribution in [3.8, 4) is 0 Å². The topological polar surface area (TPSA) is 78.9 Å². The Morgan fingerprint density at radius 3 is 1.00 bits per heavy atom. The van der Waals surface area contributed by atoms with Crippen molar-refractivity contribution in [3.05, 3.63) is 36.5 Å². The minimum absolute atomic E-state index is 0.0875. The molecular formula is C57H104O6. The zero-order valence-electron chi connectivity index (χ0n) is 42.1. The summed E-state index contributed by atoms with van der Waals surface area (Å²) in [5.74, 6) is -0.949. The molecule has 0 rings (SSSR count). The summed E-state index contributed by atoms with van der Waals surface area (Å²) in [4.78, 5) is 38.0. The van der Waals surface area contributed by atoms with Gasteiger partial charge in [-0.3, -0.25) is 14.4 Å². The Morgan fingerprint density at radius 2 is 0.603 bits per heavy atom.